The average Bonchev–Trinajstić information content (AvgIpc) is 3.33. The van der Waals surface area contributed by atoms with Crippen LogP contribution in [0.1, 0.15) is 55.7 Å². The minimum absolute atomic E-state index is 0.112. The van der Waals surface area contributed by atoms with Gasteiger partial charge in [-0.3, -0.25) is 14.5 Å². The number of carbonyl (C=O) groups excluding carboxylic acids is 3. The molecule has 2 fully saturated rings. The summed E-state index contributed by atoms with van der Waals surface area (Å²) in [7, 11) is 0. The lowest BCUT2D eigenvalue weighted by Crippen LogP contribution is -2.44. The Morgan fingerprint density at radius 3 is 2.35 bits per heavy atom. The van der Waals surface area contributed by atoms with Crippen LogP contribution < -0.4 is 10.6 Å². The quantitative estimate of drug-likeness (QED) is 0.576. The predicted molar refractivity (Wildman–Crippen MR) is 121 cm³/mol. The van der Waals surface area contributed by atoms with Crippen molar-refractivity contribution in [2.75, 3.05) is 6.54 Å². The SMILES string of the molecule is O=C(CCCN1C(=O)NC2(CCCC2)C1=O)NC(c1ccccc1)c1ccc(Br)cc1. The zero-order valence-corrected chi connectivity index (χ0v) is 18.9. The molecule has 1 atom stereocenters. The first-order valence-corrected chi connectivity index (χ1v) is 11.5. The van der Waals surface area contributed by atoms with Crippen molar-refractivity contribution in [1.82, 2.24) is 15.5 Å². The maximum Gasteiger partial charge on any atom is 0.325 e. The van der Waals surface area contributed by atoms with E-state index in [0.717, 1.165) is 28.4 Å². The molecule has 7 heteroatoms. The predicted octanol–water partition coefficient (Wildman–Crippen LogP) is 4.30. The van der Waals surface area contributed by atoms with Gasteiger partial charge in [0.1, 0.15) is 5.54 Å². The Bertz CT molecular complexity index is 956. The number of nitrogens with zero attached hydrogens (tertiary/aromatic N) is 1. The van der Waals surface area contributed by atoms with Gasteiger partial charge < -0.3 is 10.6 Å². The van der Waals surface area contributed by atoms with E-state index in [-0.39, 0.29) is 36.9 Å². The normalized spacial score (nSPS) is 18.3. The Balaban J connectivity index is 1.37. The smallest absolute Gasteiger partial charge is 0.325 e. The Morgan fingerprint density at radius 2 is 1.68 bits per heavy atom. The van der Waals surface area contributed by atoms with E-state index in [4.69, 9.17) is 0 Å². The molecule has 4 rings (SSSR count). The fraction of sp³-hybridized carbons (Fsp3) is 0.375. The topological polar surface area (TPSA) is 78.5 Å². The second kappa shape index (κ2) is 9.22. The zero-order chi connectivity index (χ0) is 21.8. The third kappa shape index (κ3) is 4.66. The van der Waals surface area contributed by atoms with Crippen LogP contribution in [0.3, 0.4) is 0 Å². The van der Waals surface area contributed by atoms with Gasteiger partial charge >= 0.3 is 6.03 Å². The van der Waals surface area contributed by atoms with Crippen LogP contribution in [-0.4, -0.2) is 34.8 Å². The van der Waals surface area contributed by atoms with Gasteiger partial charge in [-0.05, 0) is 42.5 Å². The largest absolute Gasteiger partial charge is 0.345 e. The first kappa shape index (κ1) is 21.6. The monoisotopic (exact) mass is 483 g/mol. The molecule has 0 radical (unpaired) electrons. The Hall–Kier alpha value is -2.67. The van der Waals surface area contributed by atoms with Gasteiger partial charge in [0.15, 0.2) is 0 Å². The molecule has 4 amide bonds. The molecular weight excluding hydrogens is 458 g/mol. The van der Waals surface area contributed by atoms with Gasteiger partial charge in [0.2, 0.25) is 5.91 Å². The molecule has 1 aliphatic carbocycles. The second-order valence-electron chi connectivity index (χ2n) is 8.24. The van der Waals surface area contributed by atoms with E-state index in [2.05, 4.69) is 26.6 Å². The third-order valence-electron chi connectivity index (χ3n) is 6.13. The van der Waals surface area contributed by atoms with Crippen LogP contribution in [0.4, 0.5) is 4.79 Å². The lowest BCUT2D eigenvalue weighted by atomic mass is 9.98. The van der Waals surface area contributed by atoms with Crippen molar-refractivity contribution in [2.45, 2.75) is 50.1 Å². The Kier molecular flexibility index (Phi) is 6.41. The lowest BCUT2D eigenvalue weighted by molar-refractivity contribution is -0.131. The maximum absolute atomic E-state index is 12.7. The van der Waals surface area contributed by atoms with Crippen molar-refractivity contribution in [1.29, 1.82) is 0 Å². The maximum atomic E-state index is 12.7. The van der Waals surface area contributed by atoms with Crippen molar-refractivity contribution in [2.24, 2.45) is 0 Å². The summed E-state index contributed by atoms with van der Waals surface area (Å²) in [5.74, 6) is -0.244. The highest BCUT2D eigenvalue weighted by Gasteiger charge is 2.52. The number of nitrogens with one attached hydrogen (secondary N) is 2. The number of rotatable bonds is 7. The molecule has 2 aliphatic rings. The van der Waals surface area contributed by atoms with Gasteiger partial charge in [0.25, 0.3) is 5.91 Å². The molecule has 0 bridgehead atoms. The van der Waals surface area contributed by atoms with E-state index < -0.39 is 5.54 Å². The number of imide groups is 1. The van der Waals surface area contributed by atoms with E-state index in [9.17, 15) is 14.4 Å². The van der Waals surface area contributed by atoms with E-state index in [1.807, 2.05) is 54.6 Å². The number of hydrogen-bond donors (Lipinski definition) is 2. The van der Waals surface area contributed by atoms with E-state index >= 15 is 0 Å². The van der Waals surface area contributed by atoms with Gasteiger partial charge in [0, 0.05) is 17.4 Å². The van der Waals surface area contributed by atoms with Crippen LogP contribution in [0.25, 0.3) is 0 Å². The van der Waals surface area contributed by atoms with Crippen LogP contribution in [0, 0.1) is 0 Å². The van der Waals surface area contributed by atoms with Gasteiger partial charge in [-0.15, -0.1) is 0 Å². The van der Waals surface area contributed by atoms with Gasteiger partial charge in [-0.1, -0.05) is 71.2 Å². The van der Waals surface area contributed by atoms with Crippen LogP contribution in [0.5, 0.6) is 0 Å². The summed E-state index contributed by atoms with van der Waals surface area (Å²) in [6, 6.07) is 17.1. The molecule has 2 aromatic carbocycles. The minimum atomic E-state index is -0.695. The summed E-state index contributed by atoms with van der Waals surface area (Å²) >= 11 is 3.45. The molecule has 2 N–H and O–H groups in total. The van der Waals surface area contributed by atoms with Crippen molar-refractivity contribution < 1.29 is 14.4 Å². The Morgan fingerprint density at radius 1 is 1.03 bits per heavy atom. The second-order valence-corrected chi connectivity index (χ2v) is 9.16. The van der Waals surface area contributed by atoms with E-state index in [1.165, 1.54) is 4.90 Å². The highest BCUT2D eigenvalue weighted by Crippen LogP contribution is 2.35. The van der Waals surface area contributed by atoms with Gasteiger partial charge in [-0.25, -0.2) is 4.79 Å². The summed E-state index contributed by atoms with van der Waals surface area (Å²) in [6.07, 6.45) is 4.01. The van der Waals surface area contributed by atoms with Crippen molar-refractivity contribution in [3.63, 3.8) is 0 Å². The van der Waals surface area contributed by atoms with E-state index in [1.54, 1.807) is 0 Å². The molecule has 1 saturated heterocycles. The van der Waals surface area contributed by atoms with Crippen LogP contribution >= 0.6 is 15.9 Å². The fourth-order valence-electron chi connectivity index (χ4n) is 4.49. The molecule has 1 saturated carbocycles. The minimum Gasteiger partial charge on any atom is -0.345 e. The third-order valence-corrected chi connectivity index (χ3v) is 6.66. The number of urea groups is 1. The number of amides is 4. The molecule has 1 heterocycles. The van der Waals surface area contributed by atoms with Crippen LogP contribution in [0.15, 0.2) is 59.1 Å². The van der Waals surface area contributed by atoms with E-state index in [0.29, 0.717) is 19.3 Å². The van der Waals surface area contributed by atoms with Gasteiger partial charge in [0.05, 0.1) is 6.04 Å². The summed E-state index contributed by atoms with van der Waals surface area (Å²) < 4.78 is 0.975. The van der Waals surface area contributed by atoms with Crippen molar-refractivity contribution in [3.05, 3.63) is 70.2 Å². The number of hydrogen-bond acceptors (Lipinski definition) is 3. The van der Waals surface area contributed by atoms with Crippen molar-refractivity contribution >= 4 is 33.8 Å². The average molecular weight is 484 g/mol. The standard InChI is InChI=1S/C24H26BrN3O3/c25-19-12-10-18(11-13-19)21(17-7-2-1-3-8-17)26-20(29)9-6-16-28-22(30)24(27-23(28)31)14-4-5-15-24/h1-3,7-8,10-13,21H,4-6,9,14-16H2,(H,26,29)(H,27,31). The molecule has 162 valence electrons. The summed E-state index contributed by atoms with van der Waals surface area (Å²) in [6.45, 7) is 0.258. The molecule has 2 aromatic rings. The molecule has 6 nitrogen and oxygen atoms in total. The zero-order valence-electron chi connectivity index (χ0n) is 17.3. The van der Waals surface area contributed by atoms with Crippen LogP contribution in [-0.2, 0) is 9.59 Å². The number of carbonyl (C=O) groups is 3. The summed E-state index contributed by atoms with van der Waals surface area (Å²) in [5.41, 5.74) is 1.29. The first-order chi connectivity index (χ1) is 15.0. The molecule has 1 aliphatic heterocycles. The Labute approximate surface area is 190 Å². The van der Waals surface area contributed by atoms with Crippen molar-refractivity contribution in [3.8, 4) is 0 Å². The summed E-state index contributed by atoms with van der Waals surface area (Å²) in [4.78, 5) is 39.0. The lowest BCUT2D eigenvalue weighted by Gasteiger charge is -2.21. The van der Waals surface area contributed by atoms with Gasteiger partial charge in [-0.2, -0.15) is 0 Å². The van der Waals surface area contributed by atoms with Crippen LogP contribution in [0.2, 0.25) is 0 Å². The highest BCUT2D eigenvalue weighted by molar-refractivity contribution is 9.10. The number of benzene rings is 2. The molecular formula is C24H26BrN3O3. The molecule has 1 unspecified atom stereocenters. The number of halogens is 1. The molecule has 1 spiro atoms. The molecule has 31 heavy (non-hydrogen) atoms. The highest BCUT2D eigenvalue weighted by atomic mass is 79.9. The fourth-order valence-corrected chi connectivity index (χ4v) is 4.75. The molecule has 0 aromatic heterocycles. The summed E-state index contributed by atoms with van der Waals surface area (Å²) in [5, 5.41) is 5.99. The first-order valence-electron chi connectivity index (χ1n) is 10.7.